The standard InChI is InChI=1S/C15H19NOS/c1-13-12-18-10-8-16(13)11-15-6-3-2-5-14(15)7-4-9-17/h2-3,5-6,13,17H,8-12H2,1H3. The smallest absolute Gasteiger partial charge is 0.104 e. The molecule has 1 unspecified atom stereocenters. The Balaban J connectivity index is 2.12. The minimum atomic E-state index is -0.0783. The first-order chi connectivity index (χ1) is 8.81. The number of aliphatic hydroxyl groups excluding tert-OH is 1. The Labute approximate surface area is 113 Å². The molecular weight excluding hydrogens is 242 g/mol. The molecule has 1 fully saturated rings. The fraction of sp³-hybridized carbons (Fsp3) is 0.467. The molecule has 3 heteroatoms. The van der Waals surface area contributed by atoms with Gasteiger partial charge in [-0.15, -0.1) is 0 Å². The molecule has 0 spiro atoms. The van der Waals surface area contributed by atoms with Gasteiger partial charge in [-0.1, -0.05) is 30.0 Å². The van der Waals surface area contributed by atoms with Crippen LogP contribution in [0.5, 0.6) is 0 Å². The summed E-state index contributed by atoms with van der Waals surface area (Å²) < 4.78 is 0. The molecule has 2 nitrogen and oxygen atoms in total. The van der Waals surface area contributed by atoms with E-state index in [1.807, 2.05) is 23.9 Å². The highest BCUT2D eigenvalue weighted by atomic mass is 32.2. The molecule has 1 aliphatic heterocycles. The Morgan fingerprint density at radius 3 is 3.06 bits per heavy atom. The molecule has 0 aliphatic carbocycles. The summed E-state index contributed by atoms with van der Waals surface area (Å²) >= 11 is 2.03. The molecule has 0 radical (unpaired) electrons. The number of hydrogen-bond acceptors (Lipinski definition) is 3. The van der Waals surface area contributed by atoms with E-state index < -0.39 is 0 Å². The van der Waals surface area contributed by atoms with Crippen molar-refractivity contribution in [2.75, 3.05) is 24.7 Å². The van der Waals surface area contributed by atoms with Crippen LogP contribution in [0.4, 0.5) is 0 Å². The SMILES string of the molecule is CC1CSCCN1Cc1ccccc1C#CCO. The predicted molar refractivity (Wildman–Crippen MR) is 77.6 cm³/mol. The van der Waals surface area contributed by atoms with E-state index in [4.69, 9.17) is 5.11 Å². The van der Waals surface area contributed by atoms with Crippen LogP contribution in [0.3, 0.4) is 0 Å². The minimum Gasteiger partial charge on any atom is -0.384 e. The first-order valence-corrected chi connectivity index (χ1v) is 7.46. The summed E-state index contributed by atoms with van der Waals surface area (Å²) in [6, 6.07) is 8.85. The average Bonchev–Trinajstić information content (AvgIpc) is 2.40. The minimum absolute atomic E-state index is 0.0783. The summed E-state index contributed by atoms with van der Waals surface area (Å²) in [5.74, 6) is 8.20. The second-order valence-electron chi connectivity index (χ2n) is 4.51. The van der Waals surface area contributed by atoms with Crippen LogP contribution in [0, 0.1) is 11.8 Å². The van der Waals surface area contributed by atoms with Crippen LogP contribution in [0.25, 0.3) is 0 Å². The van der Waals surface area contributed by atoms with Gasteiger partial charge >= 0.3 is 0 Å². The second-order valence-corrected chi connectivity index (χ2v) is 5.66. The molecule has 96 valence electrons. The van der Waals surface area contributed by atoms with Crippen LogP contribution in [0.15, 0.2) is 24.3 Å². The number of hydrogen-bond donors (Lipinski definition) is 1. The van der Waals surface area contributed by atoms with Crippen molar-refractivity contribution in [2.45, 2.75) is 19.5 Å². The molecule has 0 aromatic heterocycles. The normalized spacial score (nSPS) is 20.2. The van der Waals surface area contributed by atoms with Gasteiger partial charge in [-0.2, -0.15) is 11.8 Å². The topological polar surface area (TPSA) is 23.5 Å². The van der Waals surface area contributed by atoms with Gasteiger partial charge in [0.25, 0.3) is 0 Å². The van der Waals surface area contributed by atoms with Crippen molar-refractivity contribution < 1.29 is 5.11 Å². The van der Waals surface area contributed by atoms with E-state index >= 15 is 0 Å². The maximum atomic E-state index is 8.80. The molecule has 18 heavy (non-hydrogen) atoms. The van der Waals surface area contributed by atoms with E-state index in [2.05, 4.69) is 35.8 Å². The van der Waals surface area contributed by atoms with E-state index in [0.29, 0.717) is 6.04 Å². The van der Waals surface area contributed by atoms with Gasteiger partial charge in [-0.25, -0.2) is 0 Å². The molecule has 1 aromatic rings. The summed E-state index contributed by atoms with van der Waals surface area (Å²) in [6.07, 6.45) is 0. The second kappa shape index (κ2) is 6.84. The predicted octanol–water partition coefficient (Wildman–Crippen LogP) is 1.97. The molecule has 1 aromatic carbocycles. The Kier molecular flexibility index (Phi) is 5.12. The third-order valence-electron chi connectivity index (χ3n) is 3.20. The zero-order valence-corrected chi connectivity index (χ0v) is 11.5. The van der Waals surface area contributed by atoms with Gasteiger partial charge in [-0.3, -0.25) is 4.90 Å². The zero-order chi connectivity index (χ0) is 12.8. The molecule has 1 heterocycles. The van der Waals surface area contributed by atoms with E-state index in [0.717, 1.165) is 18.7 Å². The van der Waals surface area contributed by atoms with Gasteiger partial charge in [0.1, 0.15) is 6.61 Å². The van der Waals surface area contributed by atoms with Crippen LogP contribution < -0.4 is 0 Å². The van der Waals surface area contributed by atoms with Crippen molar-refractivity contribution in [3.63, 3.8) is 0 Å². The van der Waals surface area contributed by atoms with E-state index in [1.54, 1.807) is 0 Å². The number of rotatable bonds is 2. The molecule has 0 bridgehead atoms. The molecular formula is C15H19NOS. The highest BCUT2D eigenvalue weighted by Crippen LogP contribution is 2.19. The largest absolute Gasteiger partial charge is 0.384 e. The zero-order valence-electron chi connectivity index (χ0n) is 10.7. The van der Waals surface area contributed by atoms with Gasteiger partial charge in [0.15, 0.2) is 0 Å². The lowest BCUT2D eigenvalue weighted by Crippen LogP contribution is -2.39. The summed E-state index contributed by atoms with van der Waals surface area (Å²) in [5, 5.41) is 8.80. The van der Waals surface area contributed by atoms with Gasteiger partial charge < -0.3 is 5.11 Å². The number of benzene rings is 1. The van der Waals surface area contributed by atoms with Gasteiger partial charge in [-0.05, 0) is 18.6 Å². The first kappa shape index (κ1) is 13.5. The number of nitrogens with zero attached hydrogens (tertiary/aromatic N) is 1. The Hall–Kier alpha value is -0.950. The molecule has 1 N–H and O–H groups in total. The highest BCUT2D eigenvalue weighted by molar-refractivity contribution is 7.99. The van der Waals surface area contributed by atoms with Crippen molar-refractivity contribution in [1.29, 1.82) is 0 Å². The van der Waals surface area contributed by atoms with Crippen molar-refractivity contribution in [3.05, 3.63) is 35.4 Å². The van der Waals surface area contributed by atoms with Crippen LogP contribution in [-0.4, -0.2) is 40.7 Å². The lowest BCUT2D eigenvalue weighted by atomic mass is 10.1. The van der Waals surface area contributed by atoms with Gasteiger partial charge in [0.2, 0.25) is 0 Å². The molecule has 1 saturated heterocycles. The Bertz CT molecular complexity index is 449. The van der Waals surface area contributed by atoms with E-state index in [1.165, 1.54) is 17.1 Å². The van der Waals surface area contributed by atoms with Crippen molar-refractivity contribution in [2.24, 2.45) is 0 Å². The maximum absolute atomic E-state index is 8.80. The molecule has 1 aliphatic rings. The summed E-state index contributed by atoms with van der Waals surface area (Å²) in [4.78, 5) is 2.51. The van der Waals surface area contributed by atoms with Gasteiger partial charge in [0, 0.05) is 36.2 Å². The quantitative estimate of drug-likeness (QED) is 0.823. The maximum Gasteiger partial charge on any atom is 0.104 e. The third-order valence-corrected chi connectivity index (χ3v) is 4.39. The van der Waals surface area contributed by atoms with Crippen molar-refractivity contribution >= 4 is 11.8 Å². The molecule has 2 rings (SSSR count). The number of aliphatic hydroxyl groups is 1. The Morgan fingerprint density at radius 1 is 1.44 bits per heavy atom. The van der Waals surface area contributed by atoms with Crippen LogP contribution >= 0.6 is 11.8 Å². The fourth-order valence-electron chi connectivity index (χ4n) is 2.13. The third kappa shape index (κ3) is 3.52. The first-order valence-electron chi connectivity index (χ1n) is 6.30. The average molecular weight is 261 g/mol. The lowest BCUT2D eigenvalue weighted by molar-refractivity contribution is 0.224. The molecule has 0 amide bonds. The number of thioether (sulfide) groups is 1. The fourth-order valence-corrected chi connectivity index (χ4v) is 3.21. The summed E-state index contributed by atoms with van der Waals surface area (Å²) in [7, 11) is 0. The Morgan fingerprint density at radius 2 is 2.28 bits per heavy atom. The lowest BCUT2D eigenvalue weighted by Gasteiger charge is -2.33. The van der Waals surface area contributed by atoms with E-state index in [9.17, 15) is 0 Å². The monoisotopic (exact) mass is 261 g/mol. The van der Waals surface area contributed by atoms with Crippen LogP contribution in [0.1, 0.15) is 18.1 Å². The summed E-state index contributed by atoms with van der Waals surface area (Å²) in [5.41, 5.74) is 2.30. The van der Waals surface area contributed by atoms with Crippen molar-refractivity contribution in [1.82, 2.24) is 4.90 Å². The van der Waals surface area contributed by atoms with Crippen molar-refractivity contribution in [3.8, 4) is 11.8 Å². The van der Waals surface area contributed by atoms with E-state index in [-0.39, 0.29) is 6.61 Å². The molecule has 0 saturated carbocycles. The van der Waals surface area contributed by atoms with Gasteiger partial charge in [0.05, 0.1) is 0 Å². The molecule has 1 atom stereocenters. The summed E-state index contributed by atoms with van der Waals surface area (Å²) in [6.45, 7) is 4.31. The highest BCUT2D eigenvalue weighted by Gasteiger charge is 2.19. The van der Waals surface area contributed by atoms with Crippen LogP contribution in [-0.2, 0) is 6.54 Å². The van der Waals surface area contributed by atoms with Crippen LogP contribution in [0.2, 0.25) is 0 Å².